The number of carbonyl (C=O) groups is 2. The predicted octanol–water partition coefficient (Wildman–Crippen LogP) is 3.08. The second kappa shape index (κ2) is 6.88. The highest BCUT2D eigenvalue weighted by atomic mass is 16.6. The van der Waals surface area contributed by atoms with E-state index < -0.39 is 5.60 Å². The molecule has 1 aliphatic heterocycles. The number of nitrogens with zero attached hydrogens (tertiary/aromatic N) is 1. The summed E-state index contributed by atoms with van der Waals surface area (Å²) in [4.78, 5) is 26.4. The second-order valence-corrected chi connectivity index (χ2v) is 7.71. The molecule has 1 saturated heterocycles. The maximum atomic E-state index is 12.6. The smallest absolute Gasteiger partial charge is 0.410 e. The van der Waals surface area contributed by atoms with Gasteiger partial charge in [-0.15, -0.1) is 0 Å². The molecular formula is C17H30N2O3. The van der Waals surface area contributed by atoms with Gasteiger partial charge in [0, 0.05) is 12.6 Å². The van der Waals surface area contributed by atoms with Gasteiger partial charge < -0.3 is 10.1 Å². The molecule has 22 heavy (non-hydrogen) atoms. The Morgan fingerprint density at radius 3 is 2.41 bits per heavy atom. The van der Waals surface area contributed by atoms with E-state index in [1.54, 1.807) is 4.90 Å². The highest BCUT2D eigenvalue weighted by Crippen LogP contribution is 2.25. The van der Waals surface area contributed by atoms with Gasteiger partial charge in [0.25, 0.3) is 0 Å². The topological polar surface area (TPSA) is 58.6 Å². The van der Waals surface area contributed by atoms with E-state index in [1.807, 2.05) is 20.8 Å². The molecule has 3 unspecified atom stereocenters. The van der Waals surface area contributed by atoms with Crippen molar-refractivity contribution in [3.8, 4) is 0 Å². The van der Waals surface area contributed by atoms with Crippen LogP contribution in [0.4, 0.5) is 4.79 Å². The second-order valence-electron chi connectivity index (χ2n) is 7.71. The minimum atomic E-state index is -0.529. The van der Waals surface area contributed by atoms with E-state index in [1.165, 1.54) is 19.3 Å². The molecule has 2 fully saturated rings. The first-order valence-corrected chi connectivity index (χ1v) is 8.58. The van der Waals surface area contributed by atoms with E-state index in [-0.39, 0.29) is 24.1 Å². The third kappa shape index (κ3) is 4.37. The summed E-state index contributed by atoms with van der Waals surface area (Å²) in [7, 11) is 0. The lowest BCUT2D eigenvalue weighted by Crippen LogP contribution is -2.51. The van der Waals surface area contributed by atoms with Crippen LogP contribution < -0.4 is 5.32 Å². The Morgan fingerprint density at radius 1 is 1.09 bits per heavy atom. The van der Waals surface area contributed by atoms with Gasteiger partial charge in [-0.2, -0.15) is 0 Å². The van der Waals surface area contributed by atoms with Crippen molar-refractivity contribution >= 4 is 12.0 Å². The summed E-state index contributed by atoms with van der Waals surface area (Å²) in [6.07, 6.45) is 5.86. The first-order chi connectivity index (χ1) is 10.3. The maximum absolute atomic E-state index is 12.6. The molecular weight excluding hydrogens is 280 g/mol. The van der Waals surface area contributed by atoms with Crippen LogP contribution in [0.5, 0.6) is 0 Å². The van der Waals surface area contributed by atoms with Crippen LogP contribution in [0.25, 0.3) is 0 Å². The summed E-state index contributed by atoms with van der Waals surface area (Å²) in [6.45, 7) is 8.34. The summed E-state index contributed by atoms with van der Waals surface area (Å²) in [5.74, 6) is 0.510. The zero-order valence-corrected chi connectivity index (χ0v) is 14.4. The number of nitrogens with one attached hydrogen (secondary N) is 1. The zero-order chi connectivity index (χ0) is 16.3. The molecule has 2 amide bonds. The minimum Gasteiger partial charge on any atom is -0.444 e. The van der Waals surface area contributed by atoms with Gasteiger partial charge in [0.15, 0.2) is 0 Å². The number of amides is 2. The SMILES string of the molecule is CC1CCCCC1NC(=O)C1CCCN1C(=O)OC(C)(C)C. The number of likely N-dealkylation sites (tertiary alicyclic amines) is 1. The molecule has 0 spiro atoms. The molecule has 0 aromatic carbocycles. The van der Waals surface area contributed by atoms with E-state index in [9.17, 15) is 9.59 Å². The van der Waals surface area contributed by atoms with E-state index in [2.05, 4.69) is 12.2 Å². The van der Waals surface area contributed by atoms with Gasteiger partial charge in [-0.25, -0.2) is 4.79 Å². The third-order valence-electron chi connectivity index (χ3n) is 4.62. The summed E-state index contributed by atoms with van der Waals surface area (Å²) >= 11 is 0. The van der Waals surface area contributed by atoms with Gasteiger partial charge in [-0.3, -0.25) is 9.69 Å². The number of carbonyl (C=O) groups excluding carboxylic acids is 2. The maximum Gasteiger partial charge on any atom is 0.410 e. The number of hydrogen-bond acceptors (Lipinski definition) is 3. The summed E-state index contributed by atoms with van der Waals surface area (Å²) in [5.41, 5.74) is -0.529. The van der Waals surface area contributed by atoms with Crippen molar-refractivity contribution in [3.05, 3.63) is 0 Å². The molecule has 5 nitrogen and oxygen atoms in total. The monoisotopic (exact) mass is 310 g/mol. The van der Waals surface area contributed by atoms with Gasteiger partial charge in [0.2, 0.25) is 5.91 Å². The van der Waals surface area contributed by atoms with Gasteiger partial charge in [0.05, 0.1) is 0 Å². The Balaban J connectivity index is 1.94. The zero-order valence-electron chi connectivity index (χ0n) is 14.4. The molecule has 2 aliphatic rings. The lowest BCUT2D eigenvalue weighted by Gasteiger charge is -2.32. The largest absolute Gasteiger partial charge is 0.444 e. The summed E-state index contributed by atoms with van der Waals surface area (Å²) in [6, 6.07) is -0.119. The lowest BCUT2D eigenvalue weighted by atomic mass is 9.86. The van der Waals surface area contributed by atoms with Gasteiger partial charge in [-0.05, 0) is 52.4 Å². The van der Waals surface area contributed by atoms with Crippen molar-refractivity contribution in [2.24, 2.45) is 5.92 Å². The van der Waals surface area contributed by atoms with Crippen molar-refractivity contribution in [1.82, 2.24) is 10.2 Å². The Kier molecular flexibility index (Phi) is 5.35. The van der Waals surface area contributed by atoms with Crippen LogP contribution in [0.15, 0.2) is 0 Å². The van der Waals surface area contributed by atoms with Gasteiger partial charge in [-0.1, -0.05) is 19.8 Å². The molecule has 2 rings (SSSR count). The Bertz CT molecular complexity index is 417. The average molecular weight is 310 g/mol. The van der Waals surface area contributed by atoms with Crippen molar-refractivity contribution < 1.29 is 14.3 Å². The van der Waals surface area contributed by atoms with Crippen molar-refractivity contribution in [2.75, 3.05) is 6.54 Å². The van der Waals surface area contributed by atoms with Crippen molar-refractivity contribution in [2.45, 2.75) is 83.9 Å². The van der Waals surface area contributed by atoms with Crippen LogP contribution >= 0.6 is 0 Å². The first-order valence-electron chi connectivity index (χ1n) is 8.58. The molecule has 5 heteroatoms. The van der Waals surface area contributed by atoms with Crippen molar-refractivity contribution in [1.29, 1.82) is 0 Å². The minimum absolute atomic E-state index is 0.0119. The average Bonchev–Trinajstić information content (AvgIpc) is 2.89. The van der Waals surface area contributed by atoms with E-state index in [4.69, 9.17) is 4.74 Å². The normalized spacial score (nSPS) is 29.3. The summed E-state index contributed by atoms with van der Waals surface area (Å²) in [5, 5.41) is 3.17. The Morgan fingerprint density at radius 2 is 1.77 bits per heavy atom. The standard InChI is InChI=1S/C17H30N2O3/c1-12-8-5-6-9-13(12)18-15(20)14-10-7-11-19(14)16(21)22-17(2,3)4/h12-14H,5-11H2,1-4H3,(H,18,20). The van der Waals surface area contributed by atoms with Crippen LogP contribution in [0.2, 0.25) is 0 Å². The first kappa shape index (κ1) is 17.1. The lowest BCUT2D eigenvalue weighted by molar-refractivity contribution is -0.126. The molecule has 0 radical (unpaired) electrons. The molecule has 0 bridgehead atoms. The molecule has 0 aromatic heterocycles. The summed E-state index contributed by atoms with van der Waals surface area (Å²) < 4.78 is 5.42. The van der Waals surface area contributed by atoms with Crippen LogP contribution in [-0.2, 0) is 9.53 Å². The van der Waals surface area contributed by atoms with Crippen LogP contribution in [-0.4, -0.2) is 41.1 Å². The van der Waals surface area contributed by atoms with Crippen molar-refractivity contribution in [3.63, 3.8) is 0 Å². The highest BCUT2D eigenvalue weighted by Gasteiger charge is 2.37. The Hall–Kier alpha value is -1.26. The van der Waals surface area contributed by atoms with E-state index >= 15 is 0 Å². The molecule has 126 valence electrons. The van der Waals surface area contributed by atoms with Gasteiger partial charge >= 0.3 is 6.09 Å². The fourth-order valence-corrected chi connectivity index (χ4v) is 3.39. The molecule has 1 N–H and O–H groups in total. The molecule has 1 heterocycles. The fraction of sp³-hybridized carbons (Fsp3) is 0.882. The Labute approximate surface area is 133 Å². The highest BCUT2D eigenvalue weighted by molar-refractivity contribution is 5.86. The predicted molar refractivity (Wildman–Crippen MR) is 85.5 cm³/mol. The van der Waals surface area contributed by atoms with Crippen LogP contribution in [0.1, 0.15) is 66.2 Å². The van der Waals surface area contributed by atoms with Crippen LogP contribution in [0, 0.1) is 5.92 Å². The fourth-order valence-electron chi connectivity index (χ4n) is 3.39. The number of ether oxygens (including phenoxy) is 1. The number of rotatable bonds is 2. The molecule has 3 atom stereocenters. The third-order valence-corrected chi connectivity index (χ3v) is 4.62. The molecule has 1 saturated carbocycles. The van der Waals surface area contributed by atoms with Gasteiger partial charge in [0.1, 0.15) is 11.6 Å². The van der Waals surface area contributed by atoms with E-state index in [0.29, 0.717) is 12.5 Å². The van der Waals surface area contributed by atoms with Crippen LogP contribution in [0.3, 0.4) is 0 Å². The number of hydrogen-bond donors (Lipinski definition) is 1. The molecule has 1 aliphatic carbocycles. The van der Waals surface area contributed by atoms with E-state index in [0.717, 1.165) is 19.3 Å². The quantitative estimate of drug-likeness (QED) is 0.852. The molecule has 0 aromatic rings.